The van der Waals surface area contributed by atoms with Crippen LogP contribution >= 0.6 is 0 Å². The normalized spacial score (nSPS) is 18.9. The van der Waals surface area contributed by atoms with E-state index in [1.807, 2.05) is 0 Å². The first kappa shape index (κ1) is 14.6. The van der Waals surface area contributed by atoms with Gasteiger partial charge in [0.1, 0.15) is 5.75 Å². The monoisotopic (exact) mass is 289 g/mol. The predicted octanol–water partition coefficient (Wildman–Crippen LogP) is 2.49. The van der Waals surface area contributed by atoms with Crippen LogP contribution in [0.2, 0.25) is 0 Å². The summed E-state index contributed by atoms with van der Waals surface area (Å²) in [6, 6.07) is 4.78. The number of halogens is 3. The number of alkyl halides is 3. The standard InChI is InChI=1S/C13H14F3NO3/c14-13(15,16)20-10-5-3-9(4-6-10)12(18)17-8-11-2-1-7-19-11/h3-6,11H,1-2,7-8H2,(H,17,18)/t11-/m1/s1. The van der Waals surface area contributed by atoms with E-state index in [1.165, 1.54) is 12.1 Å². The second-order valence-corrected chi connectivity index (χ2v) is 4.42. The third kappa shape index (κ3) is 4.41. The Morgan fingerprint density at radius 3 is 2.60 bits per heavy atom. The Bertz CT molecular complexity index is 453. The van der Waals surface area contributed by atoms with E-state index in [0.29, 0.717) is 13.2 Å². The van der Waals surface area contributed by atoms with Crippen molar-refractivity contribution in [1.82, 2.24) is 5.32 Å². The molecule has 4 nitrogen and oxygen atoms in total. The molecule has 0 spiro atoms. The summed E-state index contributed by atoms with van der Waals surface area (Å²) in [5.74, 6) is -0.702. The molecule has 1 fully saturated rings. The van der Waals surface area contributed by atoms with Crippen LogP contribution in [0.4, 0.5) is 13.2 Å². The van der Waals surface area contributed by atoms with Gasteiger partial charge in [0.05, 0.1) is 6.10 Å². The Labute approximate surface area is 113 Å². The summed E-state index contributed by atoms with van der Waals surface area (Å²) in [5.41, 5.74) is 0.275. The highest BCUT2D eigenvalue weighted by atomic mass is 19.4. The highest BCUT2D eigenvalue weighted by molar-refractivity contribution is 5.94. The van der Waals surface area contributed by atoms with Crippen LogP contribution in [0.15, 0.2) is 24.3 Å². The van der Waals surface area contributed by atoms with Crippen molar-refractivity contribution in [3.8, 4) is 5.75 Å². The minimum Gasteiger partial charge on any atom is -0.406 e. The van der Waals surface area contributed by atoms with Crippen molar-refractivity contribution in [3.63, 3.8) is 0 Å². The molecular formula is C13H14F3NO3. The van der Waals surface area contributed by atoms with Crippen molar-refractivity contribution in [2.45, 2.75) is 25.3 Å². The fourth-order valence-electron chi connectivity index (χ4n) is 1.92. The second-order valence-electron chi connectivity index (χ2n) is 4.42. The van der Waals surface area contributed by atoms with Crippen molar-refractivity contribution in [2.75, 3.05) is 13.2 Å². The van der Waals surface area contributed by atoms with E-state index in [2.05, 4.69) is 10.1 Å². The Morgan fingerprint density at radius 2 is 2.05 bits per heavy atom. The maximum atomic E-state index is 12.0. The molecule has 7 heteroatoms. The Kier molecular flexibility index (Phi) is 4.49. The molecule has 1 aliphatic rings. The van der Waals surface area contributed by atoms with Crippen LogP contribution in [0.25, 0.3) is 0 Å². The van der Waals surface area contributed by atoms with Crippen LogP contribution in [0.3, 0.4) is 0 Å². The van der Waals surface area contributed by atoms with Gasteiger partial charge in [0.25, 0.3) is 5.91 Å². The van der Waals surface area contributed by atoms with Crippen molar-refractivity contribution in [1.29, 1.82) is 0 Å². The van der Waals surface area contributed by atoms with E-state index in [1.54, 1.807) is 0 Å². The molecule has 1 N–H and O–H groups in total. The summed E-state index contributed by atoms with van der Waals surface area (Å²) in [4.78, 5) is 11.8. The molecular weight excluding hydrogens is 275 g/mol. The first-order valence-electron chi connectivity index (χ1n) is 6.20. The van der Waals surface area contributed by atoms with Gasteiger partial charge in [-0.2, -0.15) is 0 Å². The van der Waals surface area contributed by atoms with E-state index >= 15 is 0 Å². The maximum absolute atomic E-state index is 12.0. The van der Waals surface area contributed by atoms with Crippen LogP contribution in [0.1, 0.15) is 23.2 Å². The van der Waals surface area contributed by atoms with Crippen LogP contribution in [-0.2, 0) is 4.74 Å². The molecule has 110 valence electrons. The van der Waals surface area contributed by atoms with E-state index in [4.69, 9.17) is 4.74 Å². The van der Waals surface area contributed by atoms with Crippen LogP contribution in [-0.4, -0.2) is 31.5 Å². The zero-order valence-electron chi connectivity index (χ0n) is 10.6. The Hall–Kier alpha value is -1.76. The van der Waals surface area contributed by atoms with Crippen LogP contribution in [0.5, 0.6) is 5.75 Å². The third-order valence-corrected chi connectivity index (χ3v) is 2.86. The lowest BCUT2D eigenvalue weighted by Crippen LogP contribution is -2.31. The zero-order chi connectivity index (χ0) is 14.6. The molecule has 0 aliphatic carbocycles. The summed E-state index contributed by atoms with van der Waals surface area (Å²) in [5, 5.41) is 2.68. The lowest BCUT2D eigenvalue weighted by Gasteiger charge is -2.11. The number of carbonyl (C=O) groups excluding carboxylic acids is 1. The van der Waals surface area contributed by atoms with Gasteiger partial charge in [-0.1, -0.05) is 0 Å². The summed E-state index contributed by atoms with van der Waals surface area (Å²) in [7, 11) is 0. The van der Waals surface area contributed by atoms with Gasteiger partial charge in [0, 0.05) is 18.7 Å². The summed E-state index contributed by atoms with van der Waals surface area (Å²) in [6.07, 6.45) is -2.83. The molecule has 1 amide bonds. The lowest BCUT2D eigenvalue weighted by atomic mass is 10.2. The first-order chi connectivity index (χ1) is 9.44. The molecule has 1 saturated heterocycles. The number of hydrogen-bond acceptors (Lipinski definition) is 3. The summed E-state index contributed by atoms with van der Waals surface area (Å²) >= 11 is 0. The molecule has 20 heavy (non-hydrogen) atoms. The molecule has 0 bridgehead atoms. The average molecular weight is 289 g/mol. The fourth-order valence-corrected chi connectivity index (χ4v) is 1.92. The Morgan fingerprint density at radius 1 is 1.35 bits per heavy atom. The Balaban J connectivity index is 1.86. The largest absolute Gasteiger partial charge is 0.573 e. The van der Waals surface area contributed by atoms with Gasteiger partial charge in [-0.25, -0.2) is 0 Å². The minimum atomic E-state index is -4.73. The quantitative estimate of drug-likeness (QED) is 0.926. The number of carbonyl (C=O) groups is 1. The lowest BCUT2D eigenvalue weighted by molar-refractivity contribution is -0.274. The summed E-state index contributed by atoms with van der Waals surface area (Å²) < 4.78 is 45.0. The van der Waals surface area contributed by atoms with Crippen molar-refractivity contribution in [3.05, 3.63) is 29.8 Å². The molecule has 1 atom stereocenters. The highest BCUT2D eigenvalue weighted by Crippen LogP contribution is 2.22. The SMILES string of the molecule is O=C(NC[C@H]1CCCO1)c1ccc(OC(F)(F)F)cc1. The molecule has 0 radical (unpaired) electrons. The van der Waals surface area contributed by atoms with Crippen LogP contribution < -0.4 is 10.1 Å². The van der Waals surface area contributed by atoms with Gasteiger partial charge in [-0.05, 0) is 37.1 Å². The van der Waals surface area contributed by atoms with Gasteiger partial charge >= 0.3 is 6.36 Å². The van der Waals surface area contributed by atoms with Crippen molar-refractivity contribution >= 4 is 5.91 Å². The van der Waals surface area contributed by atoms with E-state index < -0.39 is 6.36 Å². The average Bonchev–Trinajstić information content (AvgIpc) is 2.88. The zero-order valence-corrected chi connectivity index (χ0v) is 10.6. The van der Waals surface area contributed by atoms with Crippen molar-refractivity contribution in [2.24, 2.45) is 0 Å². The number of benzene rings is 1. The van der Waals surface area contributed by atoms with Gasteiger partial charge < -0.3 is 14.8 Å². The number of ether oxygens (including phenoxy) is 2. The van der Waals surface area contributed by atoms with Gasteiger partial charge in [-0.3, -0.25) is 4.79 Å². The predicted molar refractivity (Wildman–Crippen MR) is 64.4 cm³/mol. The minimum absolute atomic E-state index is 0.0202. The van der Waals surface area contributed by atoms with E-state index in [-0.39, 0.29) is 23.3 Å². The maximum Gasteiger partial charge on any atom is 0.573 e. The van der Waals surface area contributed by atoms with Crippen molar-refractivity contribution < 1.29 is 27.4 Å². The molecule has 1 aromatic rings. The third-order valence-electron chi connectivity index (χ3n) is 2.86. The molecule has 0 saturated carbocycles. The smallest absolute Gasteiger partial charge is 0.406 e. The fraction of sp³-hybridized carbons (Fsp3) is 0.462. The molecule has 0 aromatic heterocycles. The number of hydrogen-bond donors (Lipinski definition) is 1. The number of amides is 1. The van der Waals surface area contributed by atoms with Gasteiger partial charge in [0.2, 0.25) is 0 Å². The molecule has 0 unspecified atom stereocenters. The van der Waals surface area contributed by atoms with E-state index in [9.17, 15) is 18.0 Å². The second kappa shape index (κ2) is 6.13. The molecule has 1 heterocycles. The molecule has 1 aliphatic heterocycles. The van der Waals surface area contributed by atoms with Gasteiger partial charge in [0.15, 0.2) is 0 Å². The first-order valence-corrected chi connectivity index (χ1v) is 6.20. The van der Waals surface area contributed by atoms with Crippen LogP contribution in [0, 0.1) is 0 Å². The topological polar surface area (TPSA) is 47.6 Å². The highest BCUT2D eigenvalue weighted by Gasteiger charge is 2.31. The number of nitrogens with one attached hydrogen (secondary N) is 1. The molecule has 2 rings (SSSR count). The summed E-state index contributed by atoms with van der Waals surface area (Å²) in [6.45, 7) is 1.10. The number of rotatable bonds is 4. The molecule has 1 aromatic carbocycles. The van der Waals surface area contributed by atoms with Gasteiger partial charge in [-0.15, -0.1) is 13.2 Å². The van der Waals surface area contributed by atoms with E-state index in [0.717, 1.165) is 25.0 Å².